The average molecular weight is 293 g/mol. The van der Waals surface area contributed by atoms with Crippen LogP contribution in [0.4, 0.5) is 0 Å². The molecule has 82 valence electrons. The van der Waals surface area contributed by atoms with Crippen LogP contribution in [0.3, 0.4) is 0 Å². The molecule has 5 heteroatoms. The molecule has 0 aromatic heterocycles. The maximum absolute atomic E-state index is 11.3. The zero-order valence-electron chi connectivity index (χ0n) is 8.46. The Morgan fingerprint density at radius 1 is 1.53 bits per heavy atom. The lowest BCUT2D eigenvalue weighted by molar-refractivity contribution is -0.130. The van der Waals surface area contributed by atoms with E-state index in [9.17, 15) is 4.79 Å². The summed E-state index contributed by atoms with van der Waals surface area (Å²) < 4.78 is 6.06. The maximum atomic E-state index is 11.3. The number of rotatable bonds is 3. The lowest BCUT2D eigenvalue weighted by Gasteiger charge is -2.12. The average Bonchev–Trinajstić information content (AvgIpc) is 2.15. The van der Waals surface area contributed by atoms with Crippen LogP contribution in [0.15, 0.2) is 22.7 Å². The summed E-state index contributed by atoms with van der Waals surface area (Å²) >= 11 is 9.07. The fraction of sp³-hybridized carbons (Fsp3) is 0.300. The van der Waals surface area contributed by atoms with Gasteiger partial charge in [-0.25, -0.2) is 0 Å². The molecule has 1 rings (SSSR count). The van der Waals surface area contributed by atoms with Crippen molar-refractivity contribution < 1.29 is 9.53 Å². The van der Waals surface area contributed by atoms with E-state index >= 15 is 0 Å². The molecule has 0 atom stereocenters. The lowest BCUT2D eigenvalue weighted by atomic mass is 10.3. The van der Waals surface area contributed by atoms with Crippen LogP contribution < -0.4 is 4.74 Å². The van der Waals surface area contributed by atoms with Gasteiger partial charge in [-0.3, -0.25) is 4.79 Å². The Hall–Kier alpha value is -0.740. The smallest absolute Gasteiger partial charge is 0.259 e. The first-order valence-corrected chi connectivity index (χ1v) is 5.46. The minimum Gasteiger partial charge on any atom is -0.483 e. The van der Waals surface area contributed by atoms with Crippen molar-refractivity contribution in [1.82, 2.24) is 4.90 Å². The number of hydrogen-bond donors (Lipinski definition) is 0. The molecule has 0 radical (unpaired) electrons. The predicted octanol–water partition coefficient (Wildman–Crippen LogP) is 2.57. The second-order valence-electron chi connectivity index (χ2n) is 3.15. The van der Waals surface area contributed by atoms with Gasteiger partial charge in [-0.05, 0) is 34.1 Å². The summed E-state index contributed by atoms with van der Waals surface area (Å²) in [7, 11) is 3.37. The Kier molecular flexibility index (Phi) is 4.42. The molecule has 0 spiro atoms. The van der Waals surface area contributed by atoms with Gasteiger partial charge >= 0.3 is 0 Å². The molecule has 0 fully saturated rings. The minimum absolute atomic E-state index is 0.0211. The third-order valence-corrected chi connectivity index (χ3v) is 2.60. The molecule has 15 heavy (non-hydrogen) atoms. The standard InChI is InChI=1S/C10H11BrClNO2/c1-13(2)10(14)6-15-9-4-3-7(12)5-8(9)11/h3-5H,6H2,1-2H3. The van der Waals surface area contributed by atoms with Crippen molar-refractivity contribution >= 4 is 33.4 Å². The van der Waals surface area contributed by atoms with E-state index in [-0.39, 0.29) is 12.5 Å². The zero-order valence-corrected chi connectivity index (χ0v) is 10.8. The second-order valence-corrected chi connectivity index (χ2v) is 4.44. The second kappa shape index (κ2) is 5.37. The van der Waals surface area contributed by atoms with Crippen molar-refractivity contribution in [3.05, 3.63) is 27.7 Å². The fourth-order valence-corrected chi connectivity index (χ4v) is 1.66. The number of amides is 1. The molecular weight excluding hydrogens is 281 g/mol. The fourth-order valence-electron chi connectivity index (χ4n) is 0.861. The van der Waals surface area contributed by atoms with Crippen LogP contribution in [-0.4, -0.2) is 31.5 Å². The lowest BCUT2D eigenvalue weighted by Crippen LogP contribution is -2.27. The van der Waals surface area contributed by atoms with Crippen molar-refractivity contribution in [2.45, 2.75) is 0 Å². The van der Waals surface area contributed by atoms with Crippen molar-refractivity contribution in [2.75, 3.05) is 20.7 Å². The SMILES string of the molecule is CN(C)C(=O)COc1ccc(Cl)cc1Br. The van der Waals surface area contributed by atoms with E-state index in [2.05, 4.69) is 15.9 Å². The van der Waals surface area contributed by atoms with Gasteiger partial charge in [0.05, 0.1) is 4.47 Å². The third-order valence-electron chi connectivity index (χ3n) is 1.74. The number of likely N-dealkylation sites (N-methyl/N-ethyl adjacent to an activating group) is 1. The van der Waals surface area contributed by atoms with Crippen LogP contribution in [0, 0.1) is 0 Å². The monoisotopic (exact) mass is 291 g/mol. The molecule has 0 saturated carbocycles. The third kappa shape index (κ3) is 3.72. The molecule has 0 aliphatic carbocycles. The highest BCUT2D eigenvalue weighted by Gasteiger charge is 2.07. The van der Waals surface area contributed by atoms with Crippen LogP contribution in [0.5, 0.6) is 5.75 Å². The van der Waals surface area contributed by atoms with Crippen LogP contribution in [0.2, 0.25) is 5.02 Å². The molecule has 0 saturated heterocycles. The van der Waals surface area contributed by atoms with E-state index in [4.69, 9.17) is 16.3 Å². The Balaban J connectivity index is 2.62. The molecule has 0 heterocycles. The molecule has 1 amide bonds. The summed E-state index contributed by atoms with van der Waals surface area (Å²) in [6.07, 6.45) is 0. The topological polar surface area (TPSA) is 29.5 Å². The maximum Gasteiger partial charge on any atom is 0.259 e. The number of hydrogen-bond acceptors (Lipinski definition) is 2. The van der Waals surface area contributed by atoms with E-state index in [1.165, 1.54) is 4.90 Å². The van der Waals surface area contributed by atoms with E-state index in [0.29, 0.717) is 10.8 Å². The number of carbonyl (C=O) groups excluding carboxylic acids is 1. The van der Waals surface area contributed by atoms with Gasteiger partial charge in [-0.1, -0.05) is 11.6 Å². The summed E-state index contributed by atoms with van der Waals surface area (Å²) in [6.45, 7) is 0.0211. The van der Waals surface area contributed by atoms with Gasteiger partial charge in [-0.2, -0.15) is 0 Å². The van der Waals surface area contributed by atoms with Gasteiger partial charge in [0, 0.05) is 19.1 Å². The highest BCUT2D eigenvalue weighted by Crippen LogP contribution is 2.27. The Bertz CT molecular complexity index is 368. The molecule has 3 nitrogen and oxygen atoms in total. The van der Waals surface area contributed by atoms with E-state index in [1.54, 1.807) is 32.3 Å². The Morgan fingerprint density at radius 2 is 2.20 bits per heavy atom. The van der Waals surface area contributed by atoms with Gasteiger partial charge in [0.25, 0.3) is 5.91 Å². The number of ether oxygens (including phenoxy) is 1. The summed E-state index contributed by atoms with van der Waals surface area (Å²) in [5, 5.41) is 0.619. The quantitative estimate of drug-likeness (QED) is 0.857. The first-order chi connectivity index (χ1) is 7.00. The highest BCUT2D eigenvalue weighted by molar-refractivity contribution is 9.10. The van der Waals surface area contributed by atoms with Crippen molar-refractivity contribution in [3.8, 4) is 5.75 Å². The van der Waals surface area contributed by atoms with E-state index in [0.717, 1.165) is 4.47 Å². The van der Waals surface area contributed by atoms with E-state index < -0.39 is 0 Å². The number of carbonyl (C=O) groups is 1. The van der Waals surface area contributed by atoms with Gasteiger partial charge in [0.15, 0.2) is 6.61 Å². The van der Waals surface area contributed by atoms with Gasteiger partial charge in [-0.15, -0.1) is 0 Å². The van der Waals surface area contributed by atoms with Gasteiger partial charge in [0.2, 0.25) is 0 Å². The molecule has 1 aromatic carbocycles. The summed E-state index contributed by atoms with van der Waals surface area (Å²) in [4.78, 5) is 12.7. The Labute approximate surface area is 102 Å². The van der Waals surface area contributed by atoms with Crippen LogP contribution in [0.25, 0.3) is 0 Å². The van der Waals surface area contributed by atoms with Crippen molar-refractivity contribution in [3.63, 3.8) is 0 Å². The first kappa shape index (κ1) is 12.3. The molecular formula is C10H11BrClNO2. The molecule has 1 aromatic rings. The van der Waals surface area contributed by atoms with Gasteiger partial charge < -0.3 is 9.64 Å². The molecule has 0 unspecified atom stereocenters. The normalized spacial score (nSPS) is 9.87. The van der Waals surface area contributed by atoms with Crippen molar-refractivity contribution in [1.29, 1.82) is 0 Å². The zero-order chi connectivity index (χ0) is 11.4. The van der Waals surface area contributed by atoms with E-state index in [1.807, 2.05) is 0 Å². The molecule has 0 N–H and O–H groups in total. The minimum atomic E-state index is -0.0862. The van der Waals surface area contributed by atoms with Crippen LogP contribution in [0.1, 0.15) is 0 Å². The van der Waals surface area contributed by atoms with Crippen LogP contribution >= 0.6 is 27.5 Å². The first-order valence-electron chi connectivity index (χ1n) is 4.28. The summed E-state index contributed by atoms with van der Waals surface area (Å²) in [6, 6.07) is 5.15. The molecule has 0 aliphatic heterocycles. The Morgan fingerprint density at radius 3 is 2.73 bits per heavy atom. The largest absolute Gasteiger partial charge is 0.483 e. The highest BCUT2D eigenvalue weighted by atomic mass is 79.9. The predicted molar refractivity (Wildman–Crippen MR) is 63.3 cm³/mol. The molecule has 0 aliphatic rings. The van der Waals surface area contributed by atoms with Crippen molar-refractivity contribution in [2.24, 2.45) is 0 Å². The molecule has 0 bridgehead atoms. The number of nitrogens with zero attached hydrogens (tertiary/aromatic N) is 1. The number of halogens is 2. The summed E-state index contributed by atoms with van der Waals surface area (Å²) in [5.74, 6) is 0.520. The summed E-state index contributed by atoms with van der Waals surface area (Å²) in [5.41, 5.74) is 0. The van der Waals surface area contributed by atoms with Gasteiger partial charge in [0.1, 0.15) is 5.75 Å². The number of benzene rings is 1. The van der Waals surface area contributed by atoms with Crippen LogP contribution in [-0.2, 0) is 4.79 Å².